The summed E-state index contributed by atoms with van der Waals surface area (Å²) in [4.78, 5) is 33.6. The van der Waals surface area contributed by atoms with Crippen molar-refractivity contribution in [2.45, 2.75) is 39.3 Å². The van der Waals surface area contributed by atoms with Crippen molar-refractivity contribution in [2.24, 2.45) is 21.8 Å². The highest BCUT2D eigenvalue weighted by molar-refractivity contribution is 6.18. The van der Waals surface area contributed by atoms with Crippen molar-refractivity contribution in [3.8, 4) is 0 Å². The predicted molar refractivity (Wildman–Crippen MR) is 117 cm³/mol. The van der Waals surface area contributed by atoms with Crippen molar-refractivity contribution >= 4 is 29.0 Å². The maximum Gasteiger partial charge on any atom is 0.307 e. The lowest BCUT2D eigenvalue weighted by Crippen LogP contribution is -2.38. The Balaban J connectivity index is 1.82. The third kappa shape index (κ3) is 3.77. The number of hydrogen-bond acceptors (Lipinski definition) is 4. The summed E-state index contributed by atoms with van der Waals surface area (Å²) in [6, 6.07) is 15.6. The molecule has 4 rings (SSSR count). The fourth-order valence-corrected chi connectivity index (χ4v) is 4.34. The highest BCUT2D eigenvalue weighted by Gasteiger charge is 2.37. The van der Waals surface area contributed by atoms with Gasteiger partial charge >= 0.3 is 5.97 Å². The van der Waals surface area contributed by atoms with Crippen LogP contribution in [0.2, 0.25) is 0 Å². The molecular formula is C24H25N3O3. The summed E-state index contributed by atoms with van der Waals surface area (Å²) in [5.74, 6) is -1.87. The van der Waals surface area contributed by atoms with Crippen LogP contribution in [0.3, 0.4) is 0 Å². The second-order valence-corrected chi connectivity index (χ2v) is 7.88. The summed E-state index contributed by atoms with van der Waals surface area (Å²) >= 11 is 0. The Hall–Kier alpha value is -3.28. The van der Waals surface area contributed by atoms with Gasteiger partial charge in [0.2, 0.25) is 5.91 Å². The molecule has 3 unspecified atom stereocenters. The smallest absolute Gasteiger partial charge is 0.307 e. The lowest BCUT2D eigenvalue weighted by atomic mass is 9.78. The van der Waals surface area contributed by atoms with Gasteiger partial charge in [-0.3, -0.25) is 19.6 Å². The van der Waals surface area contributed by atoms with Crippen LogP contribution in [0, 0.1) is 11.8 Å². The molecule has 2 aromatic rings. The van der Waals surface area contributed by atoms with Crippen LogP contribution in [-0.4, -0.2) is 28.4 Å². The molecular weight excluding hydrogens is 378 g/mol. The number of nitrogens with one attached hydrogen (secondary N) is 1. The lowest BCUT2D eigenvalue weighted by Gasteiger charge is -2.31. The third-order valence-corrected chi connectivity index (χ3v) is 5.78. The second kappa shape index (κ2) is 8.22. The molecule has 0 aliphatic carbocycles. The van der Waals surface area contributed by atoms with Crippen molar-refractivity contribution < 1.29 is 14.7 Å². The molecule has 0 fully saturated rings. The number of anilines is 1. The van der Waals surface area contributed by atoms with E-state index in [1.165, 1.54) is 0 Å². The molecule has 6 heteroatoms. The number of carbonyl (C=O) groups excluding carboxylic acids is 1. The highest BCUT2D eigenvalue weighted by atomic mass is 16.4. The van der Waals surface area contributed by atoms with E-state index in [0.717, 1.165) is 40.2 Å². The number of hydrogen-bond donors (Lipinski definition) is 2. The van der Waals surface area contributed by atoms with E-state index in [2.05, 4.69) is 5.32 Å². The molecule has 0 aromatic heterocycles. The Morgan fingerprint density at radius 3 is 2.67 bits per heavy atom. The van der Waals surface area contributed by atoms with E-state index in [0.29, 0.717) is 12.8 Å². The molecule has 2 N–H and O–H groups in total. The zero-order chi connectivity index (χ0) is 21.3. The molecule has 3 atom stereocenters. The number of carbonyl (C=O) groups is 2. The molecule has 2 aromatic carbocycles. The first kappa shape index (κ1) is 20.0. The monoisotopic (exact) mass is 403 g/mol. The minimum atomic E-state index is -0.836. The van der Waals surface area contributed by atoms with Crippen molar-refractivity contribution in [3.05, 3.63) is 65.2 Å². The van der Waals surface area contributed by atoms with E-state index in [4.69, 9.17) is 9.98 Å². The van der Waals surface area contributed by atoms with Gasteiger partial charge in [0.15, 0.2) is 6.17 Å². The fraction of sp³-hybridized carbons (Fsp3) is 0.333. The van der Waals surface area contributed by atoms with Gasteiger partial charge in [0.1, 0.15) is 0 Å². The molecule has 6 nitrogen and oxygen atoms in total. The first-order valence-electron chi connectivity index (χ1n) is 10.3. The van der Waals surface area contributed by atoms with Gasteiger partial charge in [-0.25, -0.2) is 0 Å². The number of benzene rings is 2. The van der Waals surface area contributed by atoms with Crippen molar-refractivity contribution in [2.75, 3.05) is 5.32 Å². The van der Waals surface area contributed by atoms with Gasteiger partial charge in [-0.15, -0.1) is 0 Å². The molecule has 2 heterocycles. The minimum absolute atomic E-state index is 0.0291. The number of rotatable bonds is 6. The van der Waals surface area contributed by atoms with Crippen molar-refractivity contribution in [1.82, 2.24) is 0 Å². The highest BCUT2D eigenvalue weighted by Crippen LogP contribution is 2.35. The Morgan fingerprint density at radius 2 is 1.97 bits per heavy atom. The molecule has 0 spiro atoms. The summed E-state index contributed by atoms with van der Waals surface area (Å²) in [5.41, 5.74) is 5.02. The summed E-state index contributed by atoms with van der Waals surface area (Å²) in [5, 5.41) is 12.8. The number of amides is 1. The van der Waals surface area contributed by atoms with Crippen LogP contribution in [0.25, 0.3) is 0 Å². The Kier molecular flexibility index (Phi) is 5.48. The number of aliphatic carboxylic acids is 1. The Bertz CT molecular complexity index is 1040. The minimum Gasteiger partial charge on any atom is -0.481 e. The molecule has 0 bridgehead atoms. The molecule has 0 saturated heterocycles. The van der Waals surface area contributed by atoms with Gasteiger partial charge in [0, 0.05) is 11.4 Å². The van der Waals surface area contributed by atoms with Crippen LogP contribution in [0.1, 0.15) is 49.5 Å². The van der Waals surface area contributed by atoms with Crippen LogP contribution in [-0.2, 0) is 16.0 Å². The number of aliphatic imine (C=N–C) groups is 2. The van der Waals surface area contributed by atoms with E-state index >= 15 is 0 Å². The summed E-state index contributed by atoms with van der Waals surface area (Å²) in [6.45, 7) is 3.88. The van der Waals surface area contributed by atoms with Gasteiger partial charge in [0.25, 0.3) is 0 Å². The van der Waals surface area contributed by atoms with Crippen molar-refractivity contribution in [3.63, 3.8) is 0 Å². The molecule has 2 aliphatic heterocycles. The van der Waals surface area contributed by atoms with E-state index in [-0.39, 0.29) is 5.91 Å². The quantitative estimate of drug-likeness (QED) is 0.755. The van der Waals surface area contributed by atoms with Crippen molar-refractivity contribution in [1.29, 1.82) is 0 Å². The topological polar surface area (TPSA) is 91.1 Å². The van der Waals surface area contributed by atoms with Crippen LogP contribution in [0.15, 0.2) is 58.5 Å². The SMILES string of the molecule is CCCC(C(=O)O)C1C(C)=NC(c2ccccc2)N=C1c1ccc2c(c1)NC(=O)C2. The van der Waals surface area contributed by atoms with Gasteiger partial charge < -0.3 is 10.4 Å². The molecule has 30 heavy (non-hydrogen) atoms. The average Bonchev–Trinajstić information content (AvgIpc) is 3.11. The van der Waals surface area contributed by atoms with Crippen LogP contribution in [0.4, 0.5) is 5.69 Å². The first-order chi connectivity index (χ1) is 14.5. The maximum absolute atomic E-state index is 12.1. The van der Waals surface area contributed by atoms with Gasteiger partial charge in [-0.05, 0) is 36.1 Å². The van der Waals surface area contributed by atoms with E-state index in [1.807, 2.05) is 62.4 Å². The zero-order valence-corrected chi connectivity index (χ0v) is 17.1. The van der Waals surface area contributed by atoms with Crippen LogP contribution < -0.4 is 5.32 Å². The Labute approximate surface area is 175 Å². The zero-order valence-electron chi connectivity index (χ0n) is 17.1. The average molecular weight is 403 g/mol. The normalized spacial score (nSPS) is 21.3. The third-order valence-electron chi connectivity index (χ3n) is 5.78. The van der Waals surface area contributed by atoms with Crippen LogP contribution in [0.5, 0.6) is 0 Å². The number of fused-ring (bicyclic) bond motifs is 1. The first-order valence-corrected chi connectivity index (χ1v) is 10.3. The van der Waals surface area contributed by atoms with Gasteiger partial charge in [-0.2, -0.15) is 0 Å². The van der Waals surface area contributed by atoms with Gasteiger partial charge in [-0.1, -0.05) is 55.8 Å². The standard InChI is InChI=1S/C24H25N3O3/c1-3-7-18(24(29)30)21-14(2)25-23(15-8-5-4-6-9-15)27-22(21)17-11-10-16-13-20(28)26-19(16)12-17/h4-6,8-12,18,21,23H,3,7,13H2,1-2H3,(H,26,28)(H,29,30). The number of carboxylic acids is 1. The van der Waals surface area contributed by atoms with Crippen LogP contribution >= 0.6 is 0 Å². The largest absolute Gasteiger partial charge is 0.481 e. The second-order valence-electron chi connectivity index (χ2n) is 7.88. The predicted octanol–water partition coefficient (Wildman–Crippen LogP) is 4.26. The molecule has 0 radical (unpaired) electrons. The fourth-order valence-electron chi connectivity index (χ4n) is 4.34. The van der Waals surface area contributed by atoms with E-state index in [1.54, 1.807) is 0 Å². The molecule has 0 saturated carbocycles. The summed E-state index contributed by atoms with van der Waals surface area (Å²) < 4.78 is 0. The Morgan fingerprint density at radius 1 is 1.20 bits per heavy atom. The van der Waals surface area contributed by atoms with Gasteiger partial charge in [0.05, 0.1) is 24.0 Å². The number of nitrogens with zero attached hydrogens (tertiary/aromatic N) is 2. The molecule has 2 aliphatic rings. The number of carboxylic acid groups (broad SMARTS) is 1. The van der Waals surface area contributed by atoms with E-state index in [9.17, 15) is 14.7 Å². The summed E-state index contributed by atoms with van der Waals surface area (Å²) in [7, 11) is 0. The van der Waals surface area contributed by atoms with E-state index < -0.39 is 24.0 Å². The molecule has 1 amide bonds. The molecule has 154 valence electrons. The maximum atomic E-state index is 12.1. The lowest BCUT2D eigenvalue weighted by molar-refractivity contribution is -0.142. The summed E-state index contributed by atoms with van der Waals surface area (Å²) in [6.07, 6.45) is 1.27.